The molecule has 5 aromatic rings. The summed E-state index contributed by atoms with van der Waals surface area (Å²) in [7, 11) is 1.66. The number of methoxy groups -OCH3 is 1. The van der Waals surface area contributed by atoms with Crippen LogP contribution in [0.5, 0.6) is 5.75 Å². The summed E-state index contributed by atoms with van der Waals surface area (Å²) in [4.78, 5) is 30.7. The molecule has 1 aromatic heterocycles. The molecule has 0 saturated carbocycles. The van der Waals surface area contributed by atoms with Crippen molar-refractivity contribution in [1.29, 1.82) is 0 Å². The van der Waals surface area contributed by atoms with Crippen LogP contribution in [0.4, 0.5) is 5.69 Å². The van der Waals surface area contributed by atoms with Crippen molar-refractivity contribution in [3.63, 3.8) is 0 Å². The van der Waals surface area contributed by atoms with Crippen LogP contribution in [-0.2, 0) is 6.54 Å². The first kappa shape index (κ1) is 24.3. The lowest BCUT2D eigenvalue weighted by Crippen LogP contribution is -2.24. The zero-order chi connectivity index (χ0) is 25.9. The van der Waals surface area contributed by atoms with Gasteiger partial charge in [0.15, 0.2) is 0 Å². The molecule has 0 fully saturated rings. The van der Waals surface area contributed by atoms with Crippen LogP contribution in [0.15, 0.2) is 95.8 Å². The lowest BCUT2D eigenvalue weighted by Gasteiger charge is -2.13. The van der Waals surface area contributed by atoms with Crippen LogP contribution >= 0.6 is 11.6 Å². The number of hydrogen-bond donors (Lipinski definition) is 1. The highest BCUT2D eigenvalue weighted by atomic mass is 35.5. The van der Waals surface area contributed by atoms with Crippen molar-refractivity contribution in [2.45, 2.75) is 13.5 Å². The van der Waals surface area contributed by atoms with Crippen molar-refractivity contribution in [3.8, 4) is 16.9 Å². The summed E-state index contributed by atoms with van der Waals surface area (Å²) in [5.74, 6) is 1.11. The second kappa shape index (κ2) is 10.3. The van der Waals surface area contributed by atoms with Gasteiger partial charge in [0, 0.05) is 21.8 Å². The Morgan fingerprint density at radius 3 is 2.51 bits per heavy atom. The Morgan fingerprint density at radius 1 is 0.973 bits per heavy atom. The van der Waals surface area contributed by atoms with Gasteiger partial charge in [-0.25, -0.2) is 4.98 Å². The summed E-state index contributed by atoms with van der Waals surface area (Å²) in [5, 5.41) is 3.74. The molecule has 1 heterocycles. The summed E-state index contributed by atoms with van der Waals surface area (Å²) in [6.07, 6.45) is 0. The van der Waals surface area contributed by atoms with Crippen molar-refractivity contribution in [2.75, 3.05) is 12.4 Å². The molecule has 5 rings (SSSR count). The lowest BCUT2D eigenvalue weighted by molar-refractivity contribution is 0.102. The van der Waals surface area contributed by atoms with Crippen molar-refractivity contribution in [3.05, 3.63) is 123 Å². The fourth-order valence-electron chi connectivity index (χ4n) is 4.28. The highest BCUT2D eigenvalue weighted by molar-refractivity contribution is 6.31. The number of amides is 1. The number of halogens is 1. The number of nitrogens with zero attached hydrogens (tertiary/aromatic N) is 2. The van der Waals surface area contributed by atoms with Crippen LogP contribution in [0.2, 0.25) is 5.02 Å². The highest BCUT2D eigenvalue weighted by Gasteiger charge is 2.12. The van der Waals surface area contributed by atoms with Gasteiger partial charge in [0.05, 0.1) is 24.6 Å². The number of carbonyl (C=O) groups is 1. The molecule has 1 N–H and O–H groups in total. The molecule has 0 atom stereocenters. The number of ether oxygens (including phenoxy) is 1. The van der Waals surface area contributed by atoms with E-state index in [2.05, 4.69) is 10.3 Å². The minimum Gasteiger partial charge on any atom is -0.496 e. The SMILES string of the molecule is COc1ccccc1-c1ccc(Cn2c(C)nc3ccc(NC(=O)c4cccc(Cl)c4)cc3c2=O)cc1. The molecule has 4 aromatic carbocycles. The number of aryl methyl sites for hydroxylation is 1. The number of aromatic nitrogens is 2. The van der Waals surface area contributed by atoms with Gasteiger partial charge >= 0.3 is 0 Å². The topological polar surface area (TPSA) is 73.2 Å². The van der Waals surface area contributed by atoms with Crippen molar-refractivity contribution in [2.24, 2.45) is 0 Å². The minimum atomic E-state index is -0.308. The molecule has 0 bridgehead atoms. The van der Waals surface area contributed by atoms with Crippen molar-refractivity contribution >= 4 is 34.1 Å². The van der Waals surface area contributed by atoms with Gasteiger partial charge in [-0.2, -0.15) is 0 Å². The molecule has 6 nitrogen and oxygen atoms in total. The molecule has 0 aliphatic rings. The largest absolute Gasteiger partial charge is 0.496 e. The Hall–Kier alpha value is -4.42. The number of rotatable bonds is 6. The number of benzene rings is 4. The third-order valence-corrected chi connectivity index (χ3v) is 6.44. The van der Waals surface area contributed by atoms with Gasteiger partial charge in [-0.05, 0) is 60.5 Å². The Labute approximate surface area is 219 Å². The summed E-state index contributed by atoms with van der Waals surface area (Å²) in [6.45, 7) is 2.19. The lowest BCUT2D eigenvalue weighted by atomic mass is 10.0. The van der Waals surface area contributed by atoms with E-state index in [0.717, 1.165) is 22.4 Å². The van der Waals surface area contributed by atoms with Crippen LogP contribution in [0.1, 0.15) is 21.7 Å². The predicted molar refractivity (Wildman–Crippen MR) is 148 cm³/mol. The molecule has 184 valence electrons. The highest BCUT2D eigenvalue weighted by Crippen LogP contribution is 2.29. The number of para-hydroxylation sites is 1. The maximum absolute atomic E-state index is 13.5. The van der Waals surface area contributed by atoms with Crippen LogP contribution in [-0.4, -0.2) is 22.6 Å². The van der Waals surface area contributed by atoms with E-state index in [1.54, 1.807) is 54.1 Å². The van der Waals surface area contributed by atoms with E-state index in [1.807, 2.05) is 55.5 Å². The normalized spacial score (nSPS) is 10.9. The number of fused-ring (bicyclic) bond motifs is 1. The quantitative estimate of drug-likeness (QED) is 0.290. The molecule has 0 aliphatic heterocycles. The van der Waals surface area contributed by atoms with Gasteiger partial charge in [-0.1, -0.05) is 60.1 Å². The molecule has 1 amide bonds. The van der Waals surface area contributed by atoms with E-state index in [4.69, 9.17) is 16.3 Å². The summed E-state index contributed by atoms with van der Waals surface area (Å²) in [5.41, 5.74) is 4.35. The van der Waals surface area contributed by atoms with Crippen LogP contribution in [0.25, 0.3) is 22.0 Å². The molecule has 0 aliphatic carbocycles. The standard InChI is InChI=1S/C30H24ClN3O3/c1-19-32-27-15-14-24(33-29(35)22-6-5-7-23(31)16-22)17-26(27)30(36)34(19)18-20-10-12-21(13-11-20)25-8-3-4-9-28(25)37-2/h3-17H,18H2,1-2H3,(H,33,35). The first-order chi connectivity index (χ1) is 17.9. The molecule has 0 unspecified atom stereocenters. The second-order valence-electron chi connectivity index (χ2n) is 8.64. The van der Waals surface area contributed by atoms with Gasteiger partial charge in [0.1, 0.15) is 11.6 Å². The molecular weight excluding hydrogens is 486 g/mol. The zero-order valence-electron chi connectivity index (χ0n) is 20.4. The van der Waals surface area contributed by atoms with E-state index < -0.39 is 0 Å². The molecule has 37 heavy (non-hydrogen) atoms. The number of hydrogen-bond acceptors (Lipinski definition) is 4. The van der Waals surface area contributed by atoms with Gasteiger partial charge < -0.3 is 10.1 Å². The van der Waals surface area contributed by atoms with Crippen LogP contribution in [0, 0.1) is 6.92 Å². The van der Waals surface area contributed by atoms with Crippen molar-refractivity contribution < 1.29 is 9.53 Å². The third kappa shape index (κ3) is 5.10. The molecule has 7 heteroatoms. The minimum absolute atomic E-state index is 0.171. The second-order valence-corrected chi connectivity index (χ2v) is 9.08. The monoisotopic (exact) mass is 509 g/mol. The number of anilines is 1. The predicted octanol–water partition coefficient (Wildman–Crippen LogP) is 6.33. The van der Waals surface area contributed by atoms with Gasteiger partial charge in [0.2, 0.25) is 0 Å². The zero-order valence-corrected chi connectivity index (χ0v) is 21.1. The third-order valence-electron chi connectivity index (χ3n) is 6.20. The Bertz CT molecular complexity index is 1680. The maximum Gasteiger partial charge on any atom is 0.261 e. The number of nitrogens with one attached hydrogen (secondary N) is 1. The van der Waals surface area contributed by atoms with Gasteiger partial charge in [-0.3, -0.25) is 14.2 Å². The Balaban J connectivity index is 1.43. The van der Waals surface area contributed by atoms with Crippen molar-refractivity contribution in [1.82, 2.24) is 9.55 Å². The fourth-order valence-corrected chi connectivity index (χ4v) is 4.47. The first-order valence-electron chi connectivity index (χ1n) is 11.7. The van der Waals surface area contributed by atoms with E-state index in [1.165, 1.54) is 0 Å². The van der Waals surface area contributed by atoms with E-state index in [9.17, 15) is 9.59 Å². The molecule has 0 radical (unpaired) electrons. The maximum atomic E-state index is 13.5. The average Bonchev–Trinajstić information content (AvgIpc) is 2.92. The number of carbonyl (C=O) groups excluding carboxylic acids is 1. The van der Waals surface area contributed by atoms with Gasteiger partial charge in [0.25, 0.3) is 11.5 Å². The Morgan fingerprint density at radius 2 is 1.76 bits per heavy atom. The smallest absolute Gasteiger partial charge is 0.261 e. The summed E-state index contributed by atoms with van der Waals surface area (Å²) >= 11 is 6.00. The molecule has 0 spiro atoms. The van der Waals surface area contributed by atoms with E-state index in [0.29, 0.717) is 39.5 Å². The van der Waals surface area contributed by atoms with Gasteiger partial charge in [-0.15, -0.1) is 0 Å². The average molecular weight is 510 g/mol. The Kier molecular flexibility index (Phi) is 6.75. The summed E-state index contributed by atoms with van der Waals surface area (Å²) < 4.78 is 7.12. The molecule has 0 saturated heterocycles. The van der Waals surface area contributed by atoms with Crippen LogP contribution < -0.4 is 15.6 Å². The van der Waals surface area contributed by atoms with Crippen LogP contribution in [0.3, 0.4) is 0 Å². The van der Waals surface area contributed by atoms with E-state index >= 15 is 0 Å². The molecular formula is C30H24ClN3O3. The fraction of sp³-hybridized carbons (Fsp3) is 0.100. The summed E-state index contributed by atoms with van der Waals surface area (Å²) in [6, 6.07) is 27.7. The first-order valence-corrected chi connectivity index (χ1v) is 12.1. The van der Waals surface area contributed by atoms with E-state index in [-0.39, 0.29) is 11.5 Å².